The fraction of sp³-hybridized carbons (Fsp3) is 0.0500. The monoisotopic (exact) mass is 408 g/mol. The molecule has 2 heterocycles. The molecule has 29 heavy (non-hydrogen) atoms. The van der Waals surface area contributed by atoms with Crippen LogP contribution in [-0.4, -0.2) is 21.0 Å². The summed E-state index contributed by atoms with van der Waals surface area (Å²) in [5, 5.41) is 10.6. The number of non-ortho nitro benzene ring substituents is 1. The van der Waals surface area contributed by atoms with E-state index >= 15 is 0 Å². The van der Waals surface area contributed by atoms with Crippen molar-refractivity contribution in [3.63, 3.8) is 0 Å². The molecule has 0 spiro atoms. The lowest BCUT2D eigenvalue weighted by molar-refractivity contribution is -0.384. The smallest absolute Gasteiger partial charge is 0.293 e. The van der Waals surface area contributed by atoms with Gasteiger partial charge in [0.25, 0.3) is 16.8 Å². The lowest BCUT2D eigenvalue weighted by atomic mass is 10.1. The van der Waals surface area contributed by atoms with E-state index in [-0.39, 0.29) is 28.1 Å². The summed E-state index contributed by atoms with van der Waals surface area (Å²) in [6.07, 6.45) is 2.61. The molecule has 1 aliphatic heterocycles. The number of imide groups is 1. The van der Waals surface area contributed by atoms with E-state index in [2.05, 4.69) is 0 Å². The van der Waals surface area contributed by atoms with Crippen LogP contribution in [0.5, 0.6) is 0 Å². The number of amides is 2. The summed E-state index contributed by atoms with van der Waals surface area (Å²) in [4.78, 5) is 48.9. The molecule has 1 fully saturated rings. The van der Waals surface area contributed by atoms with E-state index in [1.807, 2.05) is 0 Å². The minimum Gasteiger partial charge on any atom is -0.463 e. The Morgan fingerprint density at radius 1 is 1.07 bits per heavy atom. The van der Waals surface area contributed by atoms with Crippen LogP contribution in [-0.2, 0) is 11.3 Å². The van der Waals surface area contributed by atoms with Crippen molar-refractivity contribution in [1.29, 1.82) is 0 Å². The van der Waals surface area contributed by atoms with Crippen LogP contribution in [0.1, 0.15) is 11.1 Å². The lowest BCUT2D eigenvalue weighted by Gasteiger charge is -2.12. The molecule has 0 bridgehead atoms. The van der Waals surface area contributed by atoms with E-state index < -0.39 is 16.1 Å². The van der Waals surface area contributed by atoms with Gasteiger partial charge in [-0.3, -0.25) is 29.4 Å². The number of nitro groups is 1. The molecule has 1 saturated heterocycles. The van der Waals surface area contributed by atoms with E-state index in [0.717, 1.165) is 16.7 Å². The number of para-hydroxylation sites is 1. The Morgan fingerprint density at radius 3 is 2.52 bits per heavy atom. The van der Waals surface area contributed by atoms with Gasteiger partial charge in [-0.1, -0.05) is 24.3 Å². The summed E-state index contributed by atoms with van der Waals surface area (Å²) >= 11 is 0.728. The van der Waals surface area contributed by atoms with Gasteiger partial charge in [0.1, 0.15) is 11.8 Å². The number of thioether (sulfide) groups is 1. The van der Waals surface area contributed by atoms with E-state index in [0.29, 0.717) is 16.5 Å². The maximum Gasteiger partial charge on any atom is 0.293 e. The van der Waals surface area contributed by atoms with Gasteiger partial charge in [-0.15, -0.1) is 0 Å². The highest BCUT2D eigenvalue weighted by Crippen LogP contribution is 2.33. The second-order valence-corrected chi connectivity index (χ2v) is 7.20. The van der Waals surface area contributed by atoms with Gasteiger partial charge in [0.05, 0.1) is 27.3 Å². The predicted molar refractivity (Wildman–Crippen MR) is 107 cm³/mol. The highest BCUT2D eigenvalue weighted by Gasteiger charge is 2.35. The summed E-state index contributed by atoms with van der Waals surface area (Å²) in [5.41, 5.74) is 0.801. The van der Waals surface area contributed by atoms with Crippen LogP contribution >= 0.6 is 11.8 Å². The van der Waals surface area contributed by atoms with Crippen molar-refractivity contribution in [2.24, 2.45) is 0 Å². The number of carbonyl (C=O) groups excluding carboxylic acids is 2. The molecular formula is C20H12N2O6S. The van der Waals surface area contributed by atoms with Gasteiger partial charge in [-0.2, -0.15) is 0 Å². The van der Waals surface area contributed by atoms with E-state index in [9.17, 15) is 24.5 Å². The maximum atomic E-state index is 12.6. The zero-order valence-corrected chi connectivity index (χ0v) is 15.5. The topological polar surface area (TPSA) is 111 Å². The average Bonchev–Trinajstić information content (AvgIpc) is 2.98. The third kappa shape index (κ3) is 3.55. The number of hydrogen-bond acceptors (Lipinski definition) is 7. The highest BCUT2D eigenvalue weighted by molar-refractivity contribution is 8.18. The van der Waals surface area contributed by atoms with Gasteiger partial charge in [0, 0.05) is 12.1 Å². The first kappa shape index (κ1) is 18.6. The maximum absolute atomic E-state index is 12.6. The van der Waals surface area contributed by atoms with E-state index in [1.54, 1.807) is 24.3 Å². The summed E-state index contributed by atoms with van der Waals surface area (Å²) in [5.74, 6) is -0.536. The normalized spacial score (nSPS) is 15.4. The Hall–Kier alpha value is -3.72. The molecule has 0 N–H and O–H groups in total. The first-order valence-electron chi connectivity index (χ1n) is 8.43. The van der Waals surface area contributed by atoms with Crippen molar-refractivity contribution in [3.05, 3.63) is 91.2 Å². The molecule has 0 aliphatic carbocycles. The van der Waals surface area contributed by atoms with Crippen LogP contribution in [0.25, 0.3) is 17.0 Å². The molecule has 0 atom stereocenters. The molecule has 8 nitrogen and oxygen atoms in total. The van der Waals surface area contributed by atoms with Crippen LogP contribution in [0.15, 0.2) is 68.9 Å². The Kier molecular flexibility index (Phi) is 4.73. The van der Waals surface area contributed by atoms with Crippen molar-refractivity contribution in [2.75, 3.05) is 0 Å². The summed E-state index contributed by atoms with van der Waals surface area (Å²) in [6, 6.07) is 12.3. The minimum absolute atomic E-state index is 0.0215. The molecule has 1 aliphatic rings. The largest absolute Gasteiger partial charge is 0.463 e. The molecule has 144 valence electrons. The van der Waals surface area contributed by atoms with Crippen LogP contribution in [0, 0.1) is 10.1 Å². The zero-order chi connectivity index (χ0) is 20.5. The van der Waals surface area contributed by atoms with E-state index in [1.165, 1.54) is 36.6 Å². The third-order valence-corrected chi connectivity index (χ3v) is 5.26. The Balaban J connectivity index is 1.60. The van der Waals surface area contributed by atoms with Gasteiger partial charge in [0.2, 0.25) is 0 Å². The quantitative estimate of drug-likeness (QED) is 0.365. The molecule has 2 amide bonds. The molecule has 0 saturated carbocycles. The average molecular weight is 408 g/mol. The second kappa shape index (κ2) is 7.36. The fourth-order valence-corrected chi connectivity index (χ4v) is 3.70. The van der Waals surface area contributed by atoms with Gasteiger partial charge < -0.3 is 4.42 Å². The fourth-order valence-electron chi connectivity index (χ4n) is 2.88. The molecule has 0 unspecified atom stereocenters. The number of hydrogen-bond donors (Lipinski definition) is 0. The molecule has 3 aromatic rings. The third-order valence-electron chi connectivity index (χ3n) is 4.35. The molecular weight excluding hydrogens is 396 g/mol. The summed E-state index contributed by atoms with van der Waals surface area (Å²) in [6.45, 7) is -0.0215. The number of fused-ring (bicyclic) bond motifs is 1. The van der Waals surface area contributed by atoms with Crippen molar-refractivity contribution < 1.29 is 18.9 Å². The van der Waals surface area contributed by atoms with Crippen LogP contribution in [0.2, 0.25) is 0 Å². The number of nitrogens with zero attached hydrogens (tertiary/aromatic N) is 2. The van der Waals surface area contributed by atoms with Crippen LogP contribution in [0.3, 0.4) is 0 Å². The molecule has 4 rings (SSSR count). The number of benzene rings is 2. The van der Waals surface area contributed by atoms with Gasteiger partial charge >= 0.3 is 0 Å². The standard InChI is InChI=1S/C20H12N2O6S/c23-18-13(11-28-16-4-2-1-3-15(16)18)9-17-19(24)21(20(25)29-17)10-12-5-7-14(8-6-12)22(26)27/h1-9,11H,10H2/b17-9+. The lowest BCUT2D eigenvalue weighted by Crippen LogP contribution is -2.27. The number of rotatable bonds is 4. The SMILES string of the molecule is O=C1S/C(=C/c2coc3ccccc3c2=O)C(=O)N1Cc1ccc([N+](=O)[O-])cc1. The Labute approximate surface area is 167 Å². The number of nitro benzene ring substituents is 1. The number of carbonyl (C=O) groups is 2. The molecule has 0 radical (unpaired) electrons. The second-order valence-electron chi connectivity index (χ2n) is 6.21. The Bertz CT molecular complexity index is 1250. The van der Waals surface area contributed by atoms with Crippen molar-refractivity contribution in [2.45, 2.75) is 6.54 Å². The zero-order valence-electron chi connectivity index (χ0n) is 14.7. The summed E-state index contributed by atoms with van der Waals surface area (Å²) in [7, 11) is 0. The van der Waals surface area contributed by atoms with Crippen LogP contribution < -0.4 is 5.43 Å². The highest BCUT2D eigenvalue weighted by atomic mass is 32.2. The van der Waals surface area contributed by atoms with Gasteiger partial charge in [-0.05, 0) is 35.5 Å². The van der Waals surface area contributed by atoms with Gasteiger partial charge in [-0.25, -0.2) is 0 Å². The molecule has 1 aromatic heterocycles. The first-order valence-corrected chi connectivity index (χ1v) is 9.25. The predicted octanol–water partition coefficient (Wildman–Crippen LogP) is 3.94. The first-order chi connectivity index (χ1) is 13.9. The summed E-state index contributed by atoms with van der Waals surface area (Å²) < 4.78 is 5.43. The molecule has 9 heteroatoms. The van der Waals surface area contributed by atoms with E-state index in [4.69, 9.17) is 4.42 Å². The van der Waals surface area contributed by atoms with Gasteiger partial charge in [0.15, 0.2) is 5.43 Å². The van der Waals surface area contributed by atoms with Crippen molar-refractivity contribution in [3.8, 4) is 0 Å². The molecule has 2 aromatic carbocycles. The Morgan fingerprint density at radius 2 is 1.79 bits per heavy atom. The van der Waals surface area contributed by atoms with Crippen molar-refractivity contribution >= 4 is 45.6 Å². The van der Waals surface area contributed by atoms with Crippen LogP contribution in [0.4, 0.5) is 10.5 Å². The minimum atomic E-state index is -0.536. The van der Waals surface area contributed by atoms with Crippen molar-refractivity contribution in [1.82, 2.24) is 4.90 Å².